The zero-order chi connectivity index (χ0) is 12.5. The van der Waals surface area contributed by atoms with Crippen molar-refractivity contribution in [2.75, 3.05) is 0 Å². The predicted molar refractivity (Wildman–Crippen MR) is 59.1 cm³/mol. The summed E-state index contributed by atoms with van der Waals surface area (Å²) in [5, 5.41) is 24.3. The first-order valence-corrected chi connectivity index (χ1v) is 6.32. The minimum atomic E-state index is -1.10. The van der Waals surface area contributed by atoms with Gasteiger partial charge in [-0.15, -0.1) is 5.10 Å². The van der Waals surface area contributed by atoms with E-state index in [4.69, 9.17) is 9.63 Å². The molecule has 0 atom stereocenters. The van der Waals surface area contributed by atoms with Crippen LogP contribution in [0.2, 0.25) is 0 Å². The van der Waals surface area contributed by atoms with Gasteiger partial charge in [-0.05, 0) is 23.3 Å². The number of carbonyl (C=O) groups is 1. The molecular formula is C9H9N5O3S. The van der Waals surface area contributed by atoms with Gasteiger partial charge in [0.15, 0.2) is 5.69 Å². The van der Waals surface area contributed by atoms with Crippen molar-refractivity contribution in [2.24, 2.45) is 0 Å². The fourth-order valence-electron chi connectivity index (χ4n) is 1.45. The number of nitrogens with zero attached hydrogens (tertiary/aromatic N) is 5. The first kappa shape index (κ1) is 11.2. The van der Waals surface area contributed by atoms with Gasteiger partial charge in [-0.1, -0.05) is 16.9 Å². The molecule has 0 bridgehead atoms. The molecule has 0 unspecified atom stereocenters. The van der Waals surface area contributed by atoms with Gasteiger partial charge in [0.05, 0.1) is 11.8 Å². The molecule has 3 rings (SSSR count). The Kier molecular flexibility index (Phi) is 2.74. The molecular weight excluding hydrogens is 258 g/mol. The fourth-order valence-corrected chi connectivity index (χ4v) is 2.27. The van der Waals surface area contributed by atoms with Gasteiger partial charge in [0, 0.05) is 6.07 Å². The standard InChI is InChI=1S/C9H9N5O3S/c15-8(16)7-3-6(17-11-7)4-18-9-10-12-13-14(9)5-1-2-5/h3,5H,1-2,4H2,(H,15,16). The van der Waals surface area contributed by atoms with E-state index in [2.05, 4.69) is 20.7 Å². The maximum absolute atomic E-state index is 10.6. The molecule has 2 aromatic heterocycles. The Morgan fingerprint density at radius 1 is 1.61 bits per heavy atom. The Bertz CT molecular complexity index is 576. The summed E-state index contributed by atoms with van der Waals surface area (Å²) >= 11 is 1.40. The Hall–Kier alpha value is -1.90. The molecule has 1 aliphatic rings. The van der Waals surface area contributed by atoms with Gasteiger partial charge in [0.25, 0.3) is 0 Å². The number of carboxylic acids is 1. The lowest BCUT2D eigenvalue weighted by atomic mass is 10.4. The first-order valence-electron chi connectivity index (χ1n) is 5.33. The predicted octanol–water partition coefficient (Wildman–Crippen LogP) is 0.986. The van der Waals surface area contributed by atoms with E-state index in [9.17, 15) is 4.79 Å². The smallest absolute Gasteiger partial charge is 0.358 e. The van der Waals surface area contributed by atoms with Crippen LogP contribution >= 0.6 is 11.8 Å². The summed E-state index contributed by atoms with van der Waals surface area (Å²) in [4.78, 5) is 10.6. The van der Waals surface area contributed by atoms with Crippen molar-refractivity contribution >= 4 is 17.7 Å². The van der Waals surface area contributed by atoms with Crippen LogP contribution in [0.4, 0.5) is 0 Å². The first-order chi connectivity index (χ1) is 8.74. The third kappa shape index (κ3) is 2.21. The lowest BCUT2D eigenvalue weighted by Crippen LogP contribution is -1.98. The van der Waals surface area contributed by atoms with Crippen molar-refractivity contribution < 1.29 is 14.4 Å². The number of hydrogen-bond donors (Lipinski definition) is 1. The number of thioether (sulfide) groups is 1. The van der Waals surface area contributed by atoms with Crippen LogP contribution in [0.15, 0.2) is 15.7 Å². The minimum Gasteiger partial charge on any atom is -0.476 e. The molecule has 0 spiro atoms. The molecule has 0 radical (unpaired) electrons. The van der Waals surface area contributed by atoms with Crippen LogP contribution in [0.3, 0.4) is 0 Å². The molecule has 94 valence electrons. The summed E-state index contributed by atoms with van der Waals surface area (Å²) in [7, 11) is 0. The van der Waals surface area contributed by atoms with Gasteiger partial charge >= 0.3 is 5.97 Å². The van der Waals surface area contributed by atoms with Gasteiger partial charge in [-0.25, -0.2) is 9.48 Å². The summed E-state index contributed by atoms with van der Waals surface area (Å²) in [5.41, 5.74) is -0.0904. The summed E-state index contributed by atoms with van der Waals surface area (Å²) in [6, 6.07) is 1.81. The highest BCUT2D eigenvalue weighted by Gasteiger charge is 2.28. The SMILES string of the molecule is O=C(O)c1cc(CSc2nnnn2C2CC2)on1. The molecule has 9 heteroatoms. The van der Waals surface area contributed by atoms with E-state index in [-0.39, 0.29) is 5.69 Å². The van der Waals surface area contributed by atoms with Gasteiger partial charge in [0.1, 0.15) is 5.76 Å². The fraction of sp³-hybridized carbons (Fsp3) is 0.444. The van der Waals surface area contributed by atoms with Crippen LogP contribution in [0.1, 0.15) is 35.1 Å². The third-order valence-corrected chi connectivity index (χ3v) is 3.43. The molecule has 8 nitrogen and oxygen atoms in total. The number of aromatic carboxylic acids is 1. The van der Waals surface area contributed by atoms with Crippen LogP contribution in [0.25, 0.3) is 0 Å². The average Bonchev–Trinajstić information content (AvgIpc) is 2.92. The van der Waals surface area contributed by atoms with Crippen molar-refractivity contribution in [3.05, 3.63) is 17.5 Å². The van der Waals surface area contributed by atoms with Gasteiger partial charge in [-0.3, -0.25) is 0 Å². The Labute approximate surface area is 105 Å². The van der Waals surface area contributed by atoms with E-state index in [1.807, 2.05) is 0 Å². The summed E-state index contributed by atoms with van der Waals surface area (Å²) < 4.78 is 6.70. The van der Waals surface area contributed by atoms with E-state index < -0.39 is 5.97 Å². The molecule has 2 heterocycles. The van der Waals surface area contributed by atoms with Crippen molar-refractivity contribution in [1.29, 1.82) is 0 Å². The third-order valence-electron chi connectivity index (χ3n) is 2.48. The van der Waals surface area contributed by atoms with Crippen molar-refractivity contribution in [3.8, 4) is 0 Å². The molecule has 1 saturated carbocycles. The van der Waals surface area contributed by atoms with Gasteiger partial charge in [-0.2, -0.15) is 0 Å². The normalized spacial score (nSPS) is 14.9. The van der Waals surface area contributed by atoms with E-state index in [0.29, 0.717) is 22.7 Å². The van der Waals surface area contributed by atoms with Gasteiger partial charge < -0.3 is 9.63 Å². The summed E-state index contributed by atoms with van der Waals surface area (Å²) in [6.07, 6.45) is 2.20. The van der Waals surface area contributed by atoms with Crippen LogP contribution in [-0.2, 0) is 5.75 Å². The number of tetrazole rings is 1. The van der Waals surface area contributed by atoms with E-state index >= 15 is 0 Å². The molecule has 0 aromatic carbocycles. The molecule has 1 fully saturated rings. The second-order valence-electron chi connectivity index (χ2n) is 3.91. The van der Waals surface area contributed by atoms with Gasteiger partial charge in [0.2, 0.25) is 5.16 Å². The maximum atomic E-state index is 10.6. The molecule has 0 amide bonds. The maximum Gasteiger partial charge on any atom is 0.358 e. The molecule has 1 aliphatic carbocycles. The topological polar surface area (TPSA) is 107 Å². The number of rotatable bonds is 5. The van der Waals surface area contributed by atoms with Crippen LogP contribution < -0.4 is 0 Å². The van der Waals surface area contributed by atoms with E-state index in [1.165, 1.54) is 17.8 Å². The second kappa shape index (κ2) is 4.41. The molecule has 2 aromatic rings. The van der Waals surface area contributed by atoms with Crippen molar-refractivity contribution in [3.63, 3.8) is 0 Å². The number of carboxylic acid groups (broad SMARTS) is 1. The lowest BCUT2D eigenvalue weighted by molar-refractivity contribution is 0.0685. The zero-order valence-electron chi connectivity index (χ0n) is 9.18. The second-order valence-corrected chi connectivity index (χ2v) is 4.85. The molecule has 0 aliphatic heterocycles. The number of hydrogen-bond acceptors (Lipinski definition) is 7. The van der Waals surface area contributed by atoms with Crippen molar-refractivity contribution in [2.45, 2.75) is 29.8 Å². The Balaban J connectivity index is 1.66. The van der Waals surface area contributed by atoms with Crippen LogP contribution in [-0.4, -0.2) is 36.4 Å². The highest BCUT2D eigenvalue weighted by atomic mass is 32.2. The highest BCUT2D eigenvalue weighted by molar-refractivity contribution is 7.98. The van der Waals surface area contributed by atoms with Crippen LogP contribution in [0, 0.1) is 0 Å². The van der Waals surface area contributed by atoms with E-state index in [0.717, 1.165) is 12.8 Å². The quantitative estimate of drug-likeness (QED) is 0.799. The number of aromatic nitrogens is 5. The molecule has 1 N–H and O–H groups in total. The minimum absolute atomic E-state index is 0.0904. The Morgan fingerprint density at radius 2 is 2.44 bits per heavy atom. The Morgan fingerprint density at radius 3 is 3.11 bits per heavy atom. The monoisotopic (exact) mass is 267 g/mol. The van der Waals surface area contributed by atoms with Crippen LogP contribution in [0.5, 0.6) is 0 Å². The van der Waals surface area contributed by atoms with E-state index in [1.54, 1.807) is 4.68 Å². The molecule has 0 saturated heterocycles. The summed E-state index contributed by atoms with van der Waals surface area (Å²) in [5.74, 6) is -0.159. The summed E-state index contributed by atoms with van der Waals surface area (Å²) in [6.45, 7) is 0. The zero-order valence-corrected chi connectivity index (χ0v) is 10.0. The molecule has 18 heavy (non-hydrogen) atoms. The largest absolute Gasteiger partial charge is 0.476 e. The lowest BCUT2D eigenvalue weighted by Gasteiger charge is -1.99. The average molecular weight is 267 g/mol. The highest BCUT2D eigenvalue weighted by Crippen LogP contribution is 2.36. The van der Waals surface area contributed by atoms with Crippen molar-refractivity contribution in [1.82, 2.24) is 25.4 Å².